The number of amides is 1. The third-order valence-corrected chi connectivity index (χ3v) is 5.11. The van der Waals surface area contributed by atoms with Gasteiger partial charge in [0.1, 0.15) is 5.76 Å². The Morgan fingerprint density at radius 3 is 3.15 bits per heavy atom. The zero-order valence-corrected chi connectivity index (χ0v) is 12.6. The van der Waals surface area contributed by atoms with E-state index in [0.29, 0.717) is 0 Å². The van der Waals surface area contributed by atoms with Crippen LogP contribution in [0.3, 0.4) is 0 Å². The summed E-state index contributed by atoms with van der Waals surface area (Å²) in [6.45, 7) is 4.21. The molecule has 106 valence electrons. The lowest BCUT2D eigenvalue weighted by Crippen LogP contribution is -2.25. The number of hydrogen-bond acceptors (Lipinski definition) is 3. The van der Waals surface area contributed by atoms with Gasteiger partial charge in [0, 0.05) is 4.88 Å². The van der Waals surface area contributed by atoms with Gasteiger partial charge in [0.25, 0.3) is 5.91 Å². The maximum atomic E-state index is 12.3. The van der Waals surface area contributed by atoms with Crippen LogP contribution in [-0.4, -0.2) is 5.91 Å². The first-order chi connectivity index (χ1) is 9.63. The SMILES string of the molecule is CC1CCc2sc(C(=O)NC(C)c3ccco3)cc2C1. The molecular formula is C16H19NO2S. The van der Waals surface area contributed by atoms with E-state index in [1.54, 1.807) is 17.6 Å². The van der Waals surface area contributed by atoms with E-state index in [2.05, 4.69) is 18.3 Å². The third kappa shape index (κ3) is 2.66. The molecule has 1 amide bonds. The molecule has 1 N–H and O–H groups in total. The van der Waals surface area contributed by atoms with Crippen molar-refractivity contribution >= 4 is 17.2 Å². The smallest absolute Gasteiger partial charge is 0.261 e. The highest BCUT2D eigenvalue weighted by Crippen LogP contribution is 2.32. The van der Waals surface area contributed by atoms with Crippen molar-refractivity contribution in [2.24, 2.45) is 5.92 Å². The summed E-state index contributed by atoms with van der Waals surface area (Å²) in [5, 5.41) is 3.00. The van der Waals surface area contributed by atoms with E-state index in [0.717, 1.165) is 29.4 Å². The van der Waals surface area contributed by atoms with Crippen LogP contribution < -0.4 is 5.32 Å². The zero-order valence-electron chi connectivity index (χ0n) is 11.8. The van der Waals surface area contributed by atoms with Crippen LogP contribution in [0.25, 0.3) is 0 Å². The van der Waals surface area contributed by atoms with Gasteiger partial charge in [0.2, 0.25) is 0 Å². The number of carbonyl (C=O) groups excluding carboxylic acids is 1. The Kier molecular flexibility index (Phi) is 3.66. The van der Waals surface area contributed by atoms with Crippen LogP contribution in [-0.2, 0) is 12.8 Å². The Balaban J connectivity index is 1.72. The average Bonchev–Trinajstić information content (AvgIpc) is 3.07. The second-order valence-electron chi connectivity index (χ2n) is 5.62. The molecule has 0 spiro atoms. The summed E-state index contributed by atoms with van der Waals surface area (Å²) in [6.07, 6.45) is 5.08. The van der Waals surface area contributed by atoms with Crippen molar-refractivity contribution in [2.45, 2.75) is 39.2 Å². The van der Waals surface area contributed by atoms with Gasteiger partial charge in [-0.3, -0.25) is 4.79 Å². The molecule has 2 heterocycles. The number of rotatable bonds is 3. The normalized spacial score (nSPS) is 19.4. The number of aryl methyl sites for hydroxylation is 1. The topological polar surface area (TPSA) is 42.2 Å². The Morgan fingerprint density at radius 1 is 1.55 bits per heavy atom. The predicted molar refractivity (Wildman–Crippen MR) is 80.1 cm³/mol. The summed E-state index contributed by atoms with van der Waals surface area (Å²) < 4.78 is 5.32. The van der Waals surface area contributed by atoms with Crippen molar-refractivity contribution < 1.29 is 9.21 Å². The van der Waals surface area contributed by atoms with Crippen molar-refractivity contribution in [3.05, 3.63) is 45.5 Å². The standard InChI is InChI=1S/C16H19NO2S/c1-10-5-6-14-12(8-10)9-15(20-14)16(18)17-11(2)13-4-3-7-19-13/h3-4,7,9-11H,5-6,8H2,1-2H3,(H,17,18). The summed E-state index contributed by atoms with van der Waals surface area (Å²) >= 11 is 1.64. The maximum absolute atomic E-state index is 12.3. The lowest BCUT2D eigenvalue weighted by Gasteiger charge is -2.16. The highest BCUT2D eigenvalue weighted by Gasteiger charge is 2.21. The van der Waals surface area contributed by atoms with E-state index in [9.17, 15) is 4.79 Å². The van der Waals surface area contributed by atoms with Crippen molar-refractivity contribution in [3.8, 4) is 0 Å². The molecular weight excluding hydrogens is 270 g/mol. The third-order valence-electron chi connectivity index (χ3n) is 3.87. The summed E-state index contributed by atoms with van der Waals surface area (Å²) in [5.41, 5.74) is 1.37. The van der Waals surface area contributed by atoms with Gasteiger partial charge in [-0.2, -0.15) is 0 Å². The van der Waals surface area contributed by atoms with E-state index in [-0.39, 0.29) is 11.9 Å². The predicted octanol–water partition coefficient (Wildman–Crippen LogP) is 3.96. The van der Waals surface area contributed by atoms with Crippen LogP contribution in [0.4, 0.5) is 0 Å². The maximum Gasteiger partial charge on any atom is 0.261 e. The molecule has 0 saturated carbocycles. The molecule has 0 bridgehead atoms. The molecule has 2 aromatic rings. The van der Waals surface area contributed by atoms with Gasteiger partial charge in [-0.05, 0) is 55.9 Å². The van der Waals surface area contributed by atoms with Crippen molar-refractivity contribution in [2.75, 3.05) is 0 Å². The number of carbonyl (C=O) groups is 1. The van der Waals surface area contributed by atoms with Gasteiger partial charge in [-0.15, -0.1) is 11.3 Å². The van der Waals surface area contributed by atoms with Gasteiger partial charge < -0.3 is 9.73 Å². The minimum absolute atomic E-state index is 0.000882. The minimum Gasteiger partial charge on any atom is -0.467 e. The van der Waals surface area contributed by atoms with E-state index >= 15 is 0 Å². The zero-order chi connectivity index (χ0) is 14.1. The molecule has 4 heteroatoms. The Bertz CT molecular complexity index is 600. The molecule has 3 rings (SSSR count). The first kappa shape index (κ1) is 13.4. The van der Waals surface area contributed by atoms with Crippen molar-refractivity contribution in [3.63, 3.8) is 0 Å². The molecule has 0 saturated heterocycles. The van der Waals surface area contributed by atoms with Crippen molar-refractivity contribution in [1.29, 1.82) is 0 Å². The van der Waals surface area contributed by atoms with E-state index in [4.69, 9.17) is 4.42 Å². The van der Waals surface area contributed by atoms with E-state index in [1.807, 2.05) is 19.1 Å². The Morgan fingerprint density at radius 2 is 2.40 bits per heavy atom. The van der Waals surface area contributed by atoms with Crippen LogP contribution in [0.5, 0.6) is 0 Å². The van der Waals surface area contributed by atoms with Gasteiger partial charge in [-0.25, -0.2) is 0 Å². The molecule has 3 nitrogen and oxygen atoms in total. The first-order valence-corrected chi connectivity index (χ1v) is 7.91. The van der Waals surface area contributed by atoms with Gasteiger partial charge in [-0.1, -0.05) is 6.92 Å². The van der Waals surface area contributed by atoms with E-state index in [1.165, 1.54) is 16.9 Å². The van der Waals surface area contributed by atoms with Crippen LogP contribution >= 0.6 is 11.3 Å². The second kappa shape index (κ2) is 5.44. The highest BCUT2D eigenvalue weighted by molar-refractivity contribution is 7.14. The summed E-state index contributed by atoms with van der Waals surface area (Å²) in [4.78, 5) is 14.5. The Hall–Kier alpha value is -1.55. The quantitative estimate of drug-likeness (QED) is 0.929. The summed E-state index contributed by atoms with van der Waals surface area (Å²) in [5.74, 6) is 1.52. The van der Waals surface area contributed by atoms with Gasteiger partial charge in [0.15, 0.2) is 0 Å². The molecule has 20 heavy (non-hydrogen) atoms. The Labute approximate surface area is 123 Å². The largest absolute Gasteiger partial charge is 0.467 e. The average molecular weight is 289 g/mol. The van der Waals surface area contributed by atoms with Gasteiger partial charge in [0.05, 0.1) is 17.2 Å². The molecule has 2 unspecified atom stereocenters. The number of hydrogen-bond donors (Lipinski definition) is 1. The van der Waals surface area contributed by atoms with Crippen LogP contribution in [0.1, 0.15) is 52.2 Å². The number of nitrogens with one attached hydrogen (secondary N) is 1. The summed E-state index contributed by atoms with van der Waals surface area (Å²) in [6, 6.07) is 5.69. The number of fused-ring (bicyclic) bond motifs is 1. The molecule has 0 aliphatic heterocycles. The molecule has 1 aliphatic carbocycles. The van der Waals surface area contributed by atoms with E-state index < -0.39 is 0 Å². The molecule has 1 aliphatic rings. The molecule has 0 fully saturated rings. The molecule has 2 aromatic heterocycles. The molecule has 0 radical (unpaired) electrons. The lowest BCUT2D eigenvalue weighted by molar-refractivity contribution is 0.0939. The lowest BCUT2D eigenvalue weighted by atomic mass is 9.90. The fraction of sp³-hybridized carbons (Fsp3) is 0.438. The van der Waals surface area contributed by atoms with Crippen LogP contribution in [0.2, 0.25) is 0 Å². The fourth-order valence-electron chi connectivity index (χ4n) is 2.69. The molecule has 0 aromatic carbocycles. The fourth-order valence-corrected chi connectivity index (χ4v) is 3.81. The second-order valence-corrected chi connectivity index (χ2v) is 6.75. The highest BCUT2D eigenvalue weighted by atomic mass is 32.1. The van der Waals surface area contributed by atoms with Crippen molar-refractivity contribution in [1.82, 2.24) is 5.32 Å². The molecule has 2 atom stereocenters. The number of thiophene rings is 1. The first-order valence-electron chi connectivity index (χ1n) is 7.09. The van der Waals surface area contributed by atoms with Crippen LogP contribution in [0.15, 0.2) is 28.9 Å². The minimum atomic E-state index is -0.101. The number of furan rings is 1. The summed E-state index contributed by atoms with van der Waals surface area (Å²) in [7, 11) is 0. The van der Waals surface area contributed by atoms with Crippen LogP contribution in [0, 0.1) is 5.92 Å². The van der Waals surface area contributed by atoms with Gasteiger partial charge >= 0.3 is 0 Å². The monoisotopic (exact) mass is 289 g/mol.